The highest BCUT2D eigenvalue weighted by Crippen LogP contribution is 2.31. The number of ketones is 1. The second kappa shape index (κ2) is 8.43. The third kappa shape index (κ3) is 4.65. The van der Waals surface area contributed by atoms with Gasteiger partial charge in [-0.15, -0.1) is 0 Å². The number of hydrogen-bond acceptors (Lipinski definition) is 5. The molecule has 0 bridgehead atoms. The molecule has 31 heavy (non-hydrogen) atoms. The van der Waals surface area contributed by atoms with Gasteiger partial charge >= 0.3 is 0 Å². The molecule has 6 nitrogen and oxygen atoms in total. The van der Waals surface area contributed by atoms with Crippen molar-refractivity contribution in [2.24, 2.45) is 0 Å². The second-order valence-electron chi connectivity index (χ2n) is 7.82. The Morgan fingerprint density at radius 2 is 1.97 bits per heavy atom. The maximum Gasteiger partial charge on any atom is 0.256 e. The first-order chi connectivity index (χ1) is 14.7. The summed E-state index contributed by atoms with van der Waals surface area (Å²) in [6.07, 6.45) is 0.524. The average Bonchev–Trinajstić information content (AvgIpc) is 2.73. The van der Waals surface area contributed by atoms with Gasteiger partial charge in [-0.3, -0.25) is 9.59 Å². The largest absolute Gasteiger partial charge is 0.489 e. The van der Waals surface area contributed by atoms with Gasteiger partial charge in [0.2, 0.25) is 0 Å². The quantitative estimate of drug-likeness (QED) is 0.772. The number of carbonyl (C=O) groups excluding carboxylic acids is 2. The Labute approximate surface area is 182 Å². The molecule has 0 spiro atoms. The van der Waals surface area contributed by atoms with E-state index in [1.54, 1.807) is 0 Å². The third-order valence-corrected chi connectivity index (χ3v) is 5.82. The highest BCUT2D eigenvalue weighted by atomic mass is 35.5. The Balaban J connectivity index is 1.39. The van der Waals surface area contributed by atoms with Gasteiger partial charge in [0.25, 0.3) is 5.91 Å². The number of Topliss-reactive ketones (excluding diaryl/α,β-unsaturated/α-hetero) is 1. The minimum absolute atomic E-state index is 0.0763. The fourth-order valence-electron chi connectivity index (χ4n) is 3.70. The number of nitrogens with zero attached hydrogens (tertiary/aromatic N) is 1. The number of carbonyl (C=O) groups is 2. The van der Waals surface area contributed by atoms with Crippen molar-refractivity contribution in [1.82, 2.24) is 4.90 Å². The van der Waals surface area contributed by atoms with E-state index in [-0.39, 0.29) is 73.4 Å². The Morgan fingerprint density at radius 3 is 2.68 bits per heavy atom. The molecule has 1 N–H and O–H groups in total. The lowest BCUT2D eigenvalue weighted by molar-refractivity contribution is -0.121. The Morgan fingerprint density at radius 1 is 1.23 bits per heavy atom. The predicted molar refractivity (Wildman–Crippen MR) is 108 cm³/mol. The van der Waals surface area contributed by atoms with E-state index in [0.717, 1.165) is 12.1 Å². The Kier molecular flexibility index (Phi) is 5.85. The topological polar surface area (TPSA) is 76.1 Å². The van der Waals surface area contributed by atoms with Crippen molar-refractivity contribution >= 4 is 23.3 Å². The molecule has 9 heteroatoms. The summed E-state index contributed by atoms with van der Waals surface area (Å²) in [4.78, 5) is 25.9. The van der Waals surface area contributed by atoms with Crippen molar-refractivity contribution in [2.45, 2.75) is 24.9 Å². The van der Waals surface area contributed by atoms with Crippen LogP contribution in [-0.2, 0) is 11.2 Å². The number of piperidine rings is 1. The van der Waals surface area contributed by atoms with Gasteiger partial charge in [0.05, 0.1) is 10.6 Å². The summed E-state index contributed by atoms with van der Waals surface area (Å²) in [6.45, 7) is 0.215. The van der Waals surface area contributed by atoms with Gasteiger partial charge in [-0.25, -0.2) is 8.78 Å². The lowest BCUT2D eigenvalue weighted by atomic mass is 9.91. The number of halogens is 3. The summed E-state index contributed by atoms with van der Waals surface area (Å²) in [5.41, 5.74) is -0.848. The SMILES string of the molecule is O=C1COc2cc(F)c(C(=O)N3CCC(O)(COc4ccc(F)cc4Cl)CC3)cc2C1. The molecule has 2 heterocycles. The molecule has 2 aliphatic heterocycles. The molecule has 2 aliphatic rings. The number of likely N-dealkylation sites (tertiary alicyclic amines) is 1. The summed E-state index contributed by atoms with van der Waals surface area (Å²) >= 11 is 5.93. The summed E-state index contributed by atoms with van der Waals surface area (Å²) < 4.78 is 38.4. The van der Waals surface area contributed by atoms with E-state index in [9.17, 15) is 23.5 Å². The first-order valence-corrected chi connectivity index (χ1v) is 10.2. The normalized spacial score (nSPS) is 17.7. The van der Waals surface area contributed by atoms with Crippen LogP contribution in [0.4, 0.5) is 8.78 Å². The molecule has 2 aromatic carbocycles. The smallest absolute Gasteiger partial charge is 0.256 e. The first kappa shape index (κ1) is 21.5. The van der Waals surface area contributed by atoms with Crippen molar-refractivity contribution in [3.8, 4) is 11.5 Å². The lowest BCUT2D eigenvalue weighted by Gasteiger charge is -2.38. The zero-order valence-electron chi connectivity index (χ0n) is 16.5. The van der Waals surface area contributed by atoms with Crippen LogP contribution >= 0.6 is 11.6 Å². The third-order valence-electron chi connectivity index (χ3n) is 5.53. The molecule has 1 saturated heterocycles. The van der Waals surface area contributed by atoms with Crippen LogP contribution in [0.5, 0.6) is 11.5 Å². The molecule has 1 fully saturated rings. The van der Waals surface area contributed by atoms with Crippen LogP contribution in [0.1, 0.15) is 28.8 Å². The molecular weight excluding hydrogens is 432 g/mol. The van der Waals surface area contributed by atoms with E-state index < -0.39 is 23.1 Å². The van der Waals surface area contributed by atoms with E-state index in [1.165, 1.54) is 23.1 Å². The number of fused-ring (bicyclic) bond motifs is 1. The molecule has 0 aliphatic carbocycles. The summed E-state index contributed by atoms with van der Waals surface area (Å²) in [5, 5.41) is 10.9. The molecule has 0 radical (unpaired) electrons. The number of aliphatic hydroxyl groups is 1. The molecule has 0 saturated carbocycles. The fourth-order valence-corrected chi connectivity index (χ4v) is 3.92. The van der Waals surface area contributed by atoms with Gasteiger partial charge in [0.15, 0.2) is 5.78 Å². The number of benzene rings is 2. The van der Waals surface area contributed by atoms with Gasteiger partial charge in [-0.1, -0.05) is 11.6 Å². The van der Waals surface area contributed by atoms with Crippen LogP contribution in [0.25, 0.3) is 0 Å². The second-order valence-corrected chi connectivity index (χ2v) is 8.23. The highest BCUT2D eigenvalue weighted by molar-refractivity contribution is 6.32. The van der Waals surface area contributed by atoms with E-state index in [0.29, 0.717) is 5.56 Å². The van der Waals surface area contributed by atoms with Crippen molar-refractivity contribution in [1.29, 1.82) is 0 Å². The zero-order valence-corrected chi connectivity index (χ0v) is 17.3. The number of rotatable bonds is 4. The highest BCUT2D eigenvalue weighted by Gasteiger charge is 2.36. The Hall–Kier alpha value is -2.71. The van der Waals surface area contributed by atoms with Gasteiger partial charge in [0, 0.05) is 31.1 Å². The van der Waals surface area contributed by atoms with Crippen molar-refractivity contribution in [3.63, 3.8) is 0 Å². The van der Waals surface area contributed by atoms with Crippen LogP contribution in [0.15, 0.2) is 30.3 Å². The van der Waals surface area contributed by atoms with E-state index in [1.807, 2.05) is 0 Å². The minimum atomic E-state index is -1.21. The molecule has 0 aromatic heterocycles. The standard InChI is InChI=1S/C22H20ClF2NO5/c23-17-9-14(24)1-2-19(17)31-12-22(29)3-5-26(6-4-22)21(28)16-8-13-7-15(27)11-30-20(13)10-18(16)25/h1-2,8-10,29H,3-7,11-12H2. The van der Waals surface area contributed by atoms with Crippen molar-refractivity contribution in [2.75, 3.05) is 26.3 Å². The van der Waals surface area contributed by atoms with Crippen LogP contribution in [-0.4, -0.2) is 53.6 Å². The lowest BCUT2D eigenvalue weighted by Crippen LogP contribution is -2.49. The van der Waals surface area contributed by atoms with Crippen LogP contribution < -0.4 is 9.47 Å². The van der Waals surface area contributed by atoms with Crippen LogP contribution in [0, 0.1) is 11.6 Å². The molecular formula is C22H20ClF2NO5. The first-order valence-electron chi connectivity index (χ1n) is 9.80. The molecule has 1 amide bonds. The maximum atomic E-state index is 14.5. The minimum Gasteiger partial charge on any atom is -0.489 e. The van der Waals surface area contributed by atoms with Gasteiger partial charge in [-0.05, 0) is 37.1 Å². The fraction of sp³-hybridized carbons (Fsp3) is 0.364. The predicted octanol–water partition coefficient (Wildman–Crippen LogP) is 3.17. The molecule has 0 atom stereocenters. The van der Waals surface area contributed by atoms with E-state index >= 15 is 0 Å². The van der Waals surface area contributed by atoms with Crippen LogP contribution in [0.2, 0.25) is 5.02 Å². The van der Waals surface area contributed by atoms with Gasteiger partial charge < -0.3 is 19.5 Å². The molecule has 2 aromatic rings. The number of amides is 1. The van der Waals surface area contributed by atoms with Crippen molar-refractivity contribution in [3.05, 3.63) is 58.1 Å². The van der Waals surface area contributed by atoms with Gasteiger partial charge in [0.1, 0.15) is 41.9 Å². The monoisotopic (exact) mass is 451 g/mol. The van der Waals surface area contributed by atoms with Crippen molar-refractivity contribution < 1.29 is 33.0 Å². The van der Waals surface area contributed by atoms with E-state index in [4.69, 9.17) is 21.1 Å². The number of ether oxygens (including phenoxy) is 2. The maximum absolute atomic E-state index is 14.5. The summed E-state index contributed by atoms with van der Waals surface area (Å²) in [7, 11) is 0. The molecule has 164 valence electrons. The number of hydrogen-bond donors (Lipinski definition) is 1. The Bertz CT molecular complexity index is 1040. The zero-order chi connectivity index (χ0) is 22.2. The molecule has 4 rings (SSSR count). The summed E-state index contributed by atoms with van der Waals surface area (Å²) in [5.74, 6) is -1.33. The average molecular weight is 452 g/mol. The molecule has 0 unspecified atom stereocenters. The van der Waals surface area contributed by atoms with E-state index in [2.05, 4.69) is 0 Å². The van der Waals surface area contributed by atoms with Crippen LogP contribution in [0.3, 0.4) is 0 Å². The van der Waals surface area contributed by atoms with Gasteiger partial charge in [-0.2, -0.15) is 0 Å². The summed E-state index contributed by atoms with van der Waals surface area (Å²) in [6, 6.07) is 6.21.